The minimum absolute atomic E-state index is 0.305. The summed E-state index contributed by atoms with van der Waals surface area (Å²) in [5.41, 5.74) is 2.79. The van der Waals surface area contributed by atoms with Gasteiger partial charge in [-0.15, -0.1) is 0 Å². The van der Waals surface area contributed by atoms with Crippen LogP contribution in [0.15, 0.2) is 48.5 Å². The Hall–Kier alpha value is -3.15. The fourth-order valence-corrected chi connectivity index (χ4v) is 3.53. The van der Waals surface area contributed by atoms with Crippen LogP contribution in [-0.4, -0.2) is 29.3 Å². The molecule has 6 nitrogen and oxygen atoms in total. The van der Waals surface area contributed by atoms with Crippen LogP contribution in [0.1, 0.15) is 42.5 Å². The number of benzene rings is 2. The van der Waals surface area contributed by atoms with Crippen molar-refractivity contribution in [1.29, 1.82) is 0 Å². The third-order valence-corrected chi connectivity index (χ3v) is 5.38. The Bertz CT molecular complexity index is 923. The van der Waals surface area contributed by atoms with E-state index in [9.17, 15) is 14.4 Å². The van der Waals surface area contributed by atoms with Gasteiger partial charge >= 0.3 is 6.03 Å². The maximum Gasteiger partial charge on any atom is 0.325 e. The summed E-state index contributed by atoms with van der Waals surface area (Å²) in [4.78, 5) is 38.7. The summed E-state index contributed by atoms with van der Waals surface area (Å²) in [6.45, 7) is 5.80. The largest absolute Gasteiger partial charge is 0.350 e. The van der Waals surface area contributed by atoms with Gasteiger partial charge < -0.3 is 10.6 Å². The van der Waals surface area contributed by atoms with Crippen molar-refractivity contribution >= 4 is 17.8 Å². The summed E-state index contributed by atoms with van der Waals surface area (Å²) in [5, 5.41) is 5.53. The molecule has 0 aliphatic carbocycles. The molecule has 1 aliphatic heterocycles. The van der Waals surface area contributed by atoms with Crippen molar-refractivity contribution in [3.8, 4) is 0 Å². The Labute approximate surface area is 171 Å². The molecule has 29 heavy (non-hydrogen) atoms. The monoisotopic (exact) mass is 393 g/mol. The van der Waals surface area contributed by atoms with Crippen LogP contribution in [0.3, 0.4) is 0 Å². The normalized spacial score (nSPS) is 18.7. The zero-order chi connectivity index (χ0) is 21.0. The molecule has 2 N–H and O–H groups in total. The van der Waals surface area contributed by atoms with Crippen LogP contribution < -0.4 is 10.6 Å². The van der Waals surface area contributed by atoms with Crippen LogP contribution in [0.2, 0.25) is 0 Å². The van der Waals surface area contributed by atoms with Crippen LogP contribution in [0.25, 0.3) is 0 Å². The van der Waals surface area contributed by atoms with E-state index in [2.05, 4.69) is 17.6 Å². The lowest BCUT2D eigenvalue weighted by molar-refractivity contribution is -0.134. The molecule has 1 aliphatic rings. The summed E-state index contributed by atoms with van der Waals surface area (Å²) in [6, 6.07) is 14.9. The first-order valence-electron chi connectivity index (χ1n) is 9.90. The molecular formula is C23H27N3O3. The van der Waals surface area contributed by atoms with E-state index in [-0.39, 0.29) is 12.5 Å². The summed E-state index contributed by atoms with van der Waals surface area (Å²) >= 11 is 0. The minimum atomic E-state index is -1.17. The number of nitrogens with one attached hydrogen (secondary N) is 2. The van der Waals surface area contributed by atoms with Crippen LogP contribution in [0, 0.1) is 6.92 Å². The Morgan fingerprint density at radius 1 is 1.10 bits per heavy atom. The van der Waals surface area contributed by atoms with Gasteiger partial charge in [0, 0.05) is 6.54 Å². The van der Waals surface area contributed by atoms with Gasteiger partial charge in [-0.2, -0.15) is 0 Å². The third kappa shape index (κ3) is 4.31. The number of aryl methyl sites for hydroxylation is 2. The van der Waals surface area contributed by atoms with Crippen molar-refractivity contribution in [3.63, 3.8) is 0 Å². The molecule has 0 saturated carbocycles. The number of carbonyl (C=O) groups excluding carboxylic acids is 3. The number of urea groups is 1. The van der Waals surface area contributed by atoms with Gasteiger partial charge in [0.05, 0.1) is 0 Å². The molecule has 2 aromatic carbocycles. The van der Waals surface area contributed by atoms with E-state index in [1.54, 1.807) is 6.92 Å². The molecule has 6 heteroatoms. The maximum atomic E-state index is 13.0. The molecule has 1 atom stereocenters. The average molecular weight is 393 g/mol. The quantitative estimate of drug-likeness (QED) is 0.710. The third-order valence-electron chi connectivity index (χ3n) is 5.38. The Morgan fingerprint density at radius 2 is 1.79 bits per heavy atom. The van der Waals surface area contributed by atoms with Crippen LogP contribution in [-0.2, 0) is 28.1 Å². The zero-order valence-electron chi connectivity index (χ0n) is 17.1. The zero-order valence-corrected chi connectivity index (χ0v) is 17.1. The number of nitrogens with zero attached hydrogens (tertiary/aromatic N) is 1. The highest BCUT2D eigenvalue weighted by Crippen LogP contribution is 2.29. The lowest BCUT2D eigenvalue weighted by Gasteiger charge is -2.22. The van der Waals surface area contributed by atoms with Crippen molar-refractivity contribution in [2.24, 2.45) is 0 Å². The van der Waals surface area contributed by atoms with Crippen LogP contribution in [0.5, 0.6) is 0 Å². The molecular weight excluding hydrogens is 366 g/mol. The molecule has 0 spiro atoms. The first-order chi connectivity index (χ1) is 13.8. The number of imide groups is 1. The fraction of sp³-hybridized carbons (Fsp3) is 0.348. The molecule has 1 fully saturated rings. The van der Waals surface area contributed by atoms with E-state index >= 15 is 0 Å². The molecule has 0 bridgehead atoms. The standard InChI is InChI=1S/C23H27N3O3/c1-4-7-17-10-12-19(13-11-17)23(3)21(28)26(22(29)25-23)15-20(27)24-14-18-9-6-5-8-16(18)2/h5-6,8-13H,4,7,14-15H2,1-3H3,(H,24,27)(H,25,29)/t23-/m1/s1. The smallest absolute Gasteiger partial charge is 0.325 e. The highest BCUT2D eigenvalue weighted by Gasteiger charge is 2.49. The van der Waals surface area contributed by atoms with Gasteiger partial charge in [-0.1, -0.05) is 61.9 Å². The van der Waals surface area contributed by atoms with Crippen LogP contribution in [0.4, 0.5) is 4.79 Å². The second-order valence-electron chi connectivity index (χ2n) is 7.60. The van der Waals surface area contributed by atoms with Crippen molar-refractivity contribution in [2.45, 2.75) is 45.7 Å². The lowest BCUT2D eigenvalue weighted by Crippen LogP contribution is -2.43. The summed E-state index contributed by atoms with van der Waals surface area (Å²) in [6.07, 6.45) is 2.00. The first kappa shape index (κ1) is 20.6. The van der Waals surface area contributed by atoms with E-state index in [4.69, 9.17) is 0 Å². The van der Waals surface area contributed by atoms with E-state index in [0.717, 1.165) is 28.9 Å². The summed E-state index contributed by atoms with van der Waals surface area (Å²) < 4.78 is 0. The van der Waals surface area contributed by atoms with Crippen LogP contribution >= 0.6 is 0 Å². The molecule has 152 valence electrons. The van der Waals surface area contributed by atoms with Gasteiger partial charge in [-0.05, 0) is 42.5 Å². The molecule has 3 rings (SSSR count). The molecule has 1 heterocycles. The predicted molar refractivity (Wildman–Crippen MR) is 111 cm³/mol. The highest BCUT2D eigenvalue weighted by atomic mass is 16.2. The second-order valence-corrected chi connectivity index (χ2v) is 7.60. The van der Waals surface area contributed by atoms with E-state index in [0.29, 0.717) is 12.1 Å². The molecule has 4 amide bonds. The SMILES string of the molecule is CCCc1ccc([C@@]2(C)NC(=O)N(CC(=O)NCc3ccccc3C)C2=O)cc1. The van der Waals surface area contributed by atoms with Crippen molar-refractivity contribution in [3.05, 3.63) is 70.8 Å². The molecule has 0 aromatic heterocycles. The Kier molecular flexibility index (Phi) is 6.01. The molecule has 2 aromatic rings. The molecule has 0 unspecified atom stereocenters. The molecule has 0 radical (unpaired) electrons. The number of amides is 4. The lowest BCUT2D eigenvalue weighted by atomic mass is 9.91. The average Bonchev–Trinajstić information content (AvgIpc) is 2.92. The van der Waals surface area contributed by atoms with E-state index < -0.39 is 17.5 Å². The minimum Gasteiger partial charge on any atom is -0.350 e. The second kappa shape index (κ2) is 8.47. The summed E-state index contributed by atoms with van der Waals surface area (Å²) in [7, 11) is 0. The van der Waals surface area contributed by atoms with Gasteiger partial charge in [0.2, 0.25) is 5.91 Å². The van der Waals surface area contributed by atoms with Gasteiger partial charge in [0.1, 0.15) is 12.1 Å². The van der Waals surface area contributed by atoms with E-state index in [1.165, 1.54) is 5.56 Å². The number of hydrogen-bond donors (Lipinski definition) is 2. The van der Waals surface area contributed by atoms with Gasteiger partial charge in [-0.25, -0.2) is 4.79 Å². The molecule has 1 saturated heterocycles. The first-order valence-corrected chi connectivity index (χ1v) is 9.90. The fourth-order valence-electron chi connectivity index (χ4n) is 3.53. The predicted octanol–water partition coefficient (Wildman–Crippen LogP) is 3.03. The maximum absolute atomic E-state index is 13.0. The van der Waals surface area contributed by atoms with E-state index in [1.807, 2.05) is 55.5 Å². The van der Waals surface area contributed by atoms with Crippen molar-refractivity contribution in [1.82, 2.24) is 15.5 Å². The Balaban J connectivity index is 1.66. The topological polar surface area (TPSA) is 78.5 Å². The van der Waals surface area contributed by atoms with Gasteiger partial charge in [-0.3, -0.25) is 14.5 Å². The van der Waals surface area contributed by atoms with Crippen molar-refractivity contribution < 1.29 is 14.4 Å². The number of hydrogen-bond acceptors (Lipinski definition) is 3. The number of carbonyl (C=O) groups is 3. The van der Waals surface area contributed by atoms with Crippen molar-refractivity contribution in [2.75, 3.05) is 6.54 Å². The van der Waals surface area contributed by atoms with Gasteiger partial charge in [0.15, 0.2) is 0 Å². The highest BCUT2D eigenvalue weighted by molar-refractivity contribution is 6.09. The number of rotatable bonds is 7. The summed E-state index contributed by atoms with van der Waals surface area (Å²) in [5.74, 6) is -0.795. The Morgan fingerprint density at radius 3 is 2.45 bits per heavy atom. The van der Waals surface area contributed by atoms with Gasteiger partial charge in [0.25, 0.3) is 5.91 Å².